The summed E-state index contributed by atoms with van der Waals surface area (Å²) in [4.78, 5) is 18.7. The molecular formula is C13H19ClN2OS. The molecule has 1 amide bonds. The fraction of sp³-hybridized carbons (Fsp3) is 0.692. The number of alkyl halides is 1. The van der Waals surface area contributed by atoms with Crippen LogP contribution >= 0.6 is 22.9 Å². The highest BCUT2D eigenvalue weighted by Crippen LogP contribution is 2.24. The molecule has 5 heteroatoms. The molecule has 0 N–H and O–H groups in total. The van der Waals surface area contributed by atoms with Gasteiger partial charge in [0.2, 0.25) is 5.91 Å². The monoisotopic (exact) mass is 286 g/mol. The maximum absolute atomic E-state index is 12.3. The topological polar surface area (TPSA) is 33.2 Å². The van der Waals surface area contributed by atoms with Crippen molar-refractivity contribution < 1.29 is 4.79 Å². The first kappa shape index (κ1) is 13.8. The van der Waals surface area contributed by atoms with Crippen molar-refractivity contribution in [2.45, 2.75) is 57.5 Å². The summed E-state index contributed by atoms with van der Waals surface area (Å²) < 4.78 is 0. The van der Waals surface area contributed by atoms with E-state index in [0.717, 1.165) is 23.5 Å². The van der Waals surface area contributed by atoms with Gasteiger partial charge in [0.25, 0.3) is 0 Å². The summed E-state index contributed by atoms with van der Waals surface area (Å²) in [6.07, 6.45) is 3.86. The summed E-state index contributed by atoms with van der Waals surface area (Å²) in [7, 11) is 0. The molecule has 0 aromatic carbocycles. The van der Waals surface area contributed by atoms with Gasteiger partial charge in [-0.3, -0.25) is 4.79 Å². The third-order valence-electron chi connectivity index (χ3n) is 3.52. The van der Waals surface area contributed by atoms with Crippen LogP contribution in [0.4, 0.5) is 0 Å². The van der Waals surface area contributed by atoms with Crippen molar-refractivity contribution in [3.8, 4) is 0 Å². The standard InChI is InChI=1S/C13H19ClN2OS/c1-9-4-3-5-10(2)16(9)13(17)6-12-15-11(7-14)8-18-12/h8-10H,3-7H2,1-2H3. The van der Waals surface area contributed by atoms with Gasteiger partial charge in [0.1, 0.15) is 5.01 Å². The quantitative estimate of drug-likeness (QED) is 0.800. The van der Waals surface area contributed by atoms with Gasteiger partial charge < -0.3 is 4.90 Å². The van der Waals surface area contributed by atoms with Gasteiger partial charge >= 0.3 is 0 Å². The number of halogens is 1. The lowest BCUT2D eigenvalue weighted by Gasteiger charge is -2.39. The highest BCUT2D eigenvalue weighted by atomic mass is 35.5. The molecule has 0 aliphatic carbocycles. The number of aromatic nitrogens is 1. The largest absolute Gasteiger partial charge is 0.337 e. The zero-order valence-corrected chi connectivity index (χ0v) is 12.4. The summed E-state index contributed by atoms with van der Waals surface area (Å²) in [5.74, 6) is 0.617. The SMILES string of the molecule is CC1CCCC(C)N1C(=O)Cc1nc(CCl)cs1. The number of nitrogens with zero attached hydrogens (tertiary/aromatic N) is 2. The molecule has 2 atom stereocenters. The third kappa shape index (κ3) is 3.04. The van der Waals surface area contributed by atoms with E-state index < -0.39 is 0 Å². The lowest BCUT2D eigenvalue weighted by molar-refractivity contribution is -0.136. The van der Waals surface area contributed by atoms with Gasteiger partial charge in [-0.25, -0.2) is 4.98 Å². The van der Waals surface area contributed by atoms with E-state index in [1.165, 1.54) is 17.8 Å². The molecule has 0 spiro atoms. The fourth-order valence-electron chi connectivity index (χ4n) is 2.63. The Morgan fingerprint density at radius 2 is 2.17 bits per heavy atom. The van der Waals surface area contributed by atoms with Crippen molar-refractivity contribution in [3.05, 3.63) is 16.1 Å². The Kier molecular flexibility index (Phi) is 4.62. The van der Waals surface area contributed by atoms with Gasteiger partial charge in [-0.1, -0.05) is 0 Å². The third-order valence-corrected chi connectivity index (χ3v) is 4.69. The number of thiazole rings is 1. The molecule has 0 radical (unpaired) electrons. The molecule has 2 rings (SSSR count). The zero-order chi connectivity index (χ0) is 13.1. The van der Waals surface area contributed by atoms with E-state index >= 15 is 0 Å². The van der Waals surface area contributed by atoms with E-state index in [0.29, 0.717) is 24.4 Å². The molecule has 3 nitrogen and oxygen atoms in total. The van der Waals surface area contributed by atoms with Crippen LogP contribution in [-0.2, 0) is 17.1 Å². The first-order valence-corrected chi connectivity index (χ1v) is 7.83. The van der Waals surface area contributed by atoms with Crippen LogP contribution in [0.15, 0.2) is 5.38 Å². The molecule has 1 aromatic rings. The molecule has 0 bridgehead atoms. The van der Waals surface area contributed by atoms with Crippen LogP contribution in [0.2, 0.25) is 0 Å². The Balaban J connectivity index is 2.02. The second-order valence-corrected chi connectivity index (χ2v) is 6.18. The molecule has 2 unspecified atom stereocenters. The average molecular weight is 287 g/mol. The Morgan fingerprint density at radius 3 is 2.72 bits per heavy atom. The summed E-state index contributed by atoms with van der Waals surface area (Å²) in [5, 5.41) is 2.80. The molecule has 1 aliphatic heterocycles. The summed E-state index contributed by atoms with van der Waals surface area (Å²) >= 11 is 7.25. The summed E-state index contributed by atoms with van der Waals surface area (Å²) in [6, 6.07) is 0.711. The number of likely N-dealkylation sites (tertiary alicyclic amines) is 1. The van der Waals surface area contributed by atoms with Gasteiger partial charge in [0.05, 0.1) is 18.0 Å². The number of amides is 1. The lowest BCUT2D eigenvalue weighted by atomic mass is 9.97. The van der Waals surface area contributed by atoms with Crippen LogP contribution in [0.5, 0.6) is 0 Å². The number of hydrogen-bond acceptors (Lipinski definition) is 3. The van der Waals surface area contributed by atoms with Gasteiger partial charge in [-0.15, -0.1) is 22.9 Å². The van der Waals surface area contributed by atoms with E-state index in [1.54, 1.807) is 0 Å². The number of hydrogen-bond donors (Lipinski definition) is 0. The van der Waals surface area contributed by atoms with Crippen molar-refractivity contribution in [3.63, 3.8) is 0 Å². The molecule has 2 heterocycles. The van der Waals surface area contributed by atoms with Crippen LogP contribution in [0.25, 0.3) is 0 Å². The van der Waals surface area contributed by atoms with Crippen LogP contribution in [0.1, 0.15) is 43.8 Å². The molecule has 0 saturated carbocycles. The fourth-order valence-corrected chi connectivity index (χ4v) is 3.64. The summed E-state index contributed by atoms with van der Waals surface area (Å²) in [6.45, 7) is 4.28. The maximum Gasteiger partial charge on any atom is 0.229 e. The van der Waals surface area contributed by atoms with Crippen molar-refractivity contribution >= 4 is 28.8 Å². The van der Waals surface area contributed by atoms with Gasteiger partial charge in [0, 0.05) is 17.5 Å². The van der Waals surface area contributed by atoms with E-state index in [1.807, 2.05) is 10.3 Å². The van der Waals surface area contributed by atoms with Crippen molar-refractivity contribution in [2.75, 3.05) is 0 Å². The molecular weight excluding hydrogens is 268 g/mol. The Morgan fingerprint density at radius 1 is 1.50 bits per heavy atom. The Hall–Kier alpha value is -0.610. The maximum atomic E-state index is 12.3. The van der Waals surface area contributed by atoms with Crippen molar-refractivity contribution in [2.24, 2.45) is 0 Å². The smallest absolute Gasteiger partial charge is 0.229 e. The second-order valence-electron chi connectivity index (χ2n) is 4.97. The van der Waals surface area contributed by atoms with Gasteiger partial charge in [-0.05, 0) is 33.1 Å². The van der Waals surface area contributed by atoms with Crippen molar-refractivity contribution in [1.82, 2.24) is 9.88 Å². The minimum atomic E-state index is 0.199. The Bertz CT molecular complexity index is 411. The normalized spacial score (nSPS) is 24.3. The van der Waals surface area contributed by atoms with E-state index in [9.17, 15) is 4.79 Å². The molecule has 100 valence electrons. The second kappa shape index (κ2) is 6.02. The molecule has 1 saturated heterocycles. The van der Waals surface area contributed by atoms with E-state index in [4.69, 9.17) is 11.6 Å². The summed E-state index contributed by atoms with van der Waals surface area (Å²) in [5.41, 5.74) is 0.865. The first-order valence-electron chi connectivity index (χ1n) is 6.42. The average Bonchev–Trinajstić information content (AvgIpc) is 2.76. The molecule has 18 heavy (non-hydrogen) atoms. The number of rotatable bonds is 3. The highest BCUT2D eigenvalue weighted by molar-refractivity contribution is 7.09. The van der Waals surface area contributed by atoms with Crippen LogP contribution in [0.3, 0.4) is 0 Å². The molecule has 1 fully saturated rings. The van der Waals surface area contributed by atoms with Crippen LogP contribution in [0, 0.1) is 0 Å². The van der Waals surface area contributed by atoms with Gasteiger partial charge in [0.15, 0.2) is 0 Å². The number of carbonyl (C=O) groups is 1. The predicted molar refractivity (Wildman–Crippen MR) is 75.0 cm³/mol. The minimum Gasteiger partial charge on any atom is -0.337 e. The predicted octanol–water partition coefficient (Wildman–Crippen LogP) is 3.21. The lowest BCUT2D eigenvalue weighted by Crippen LogP contribution is -2.48. The highest BCUT2D eigenvalue weighted by Gasteiger charge is 2.29. The zero-order valence-electron chi connectivity index (χ0n) is 10.9. The first-order chi connectivity index (χ1) is 8.61. The van der Waals surface area contributed by atoms with Crippen molar-refractivity contribution in [1.29, 1.82) is 0 Å². The van der Waals surface area contributed by atoms with Gasteiger partial charge in [-0.2, -0.15) is 0 Å². The minimum absolute atomic E-state index is 0.199. The Labute approximate surface area is 117 Å². The van der Waals surface area contributed by atoms with Crippen LogP contribution < -0.4 is 0 Å². The van der Waals surface area contributed by atoms with Crippen LogP contribution in [-0.4, -0.2) is 27.9 Å². The number of piperidine rings is 1. The van der Waals surface area contributed by atoms with E-state index in [2.05, 4.69) is 18.8 Å². The molecule has 1 aromatic heterocycles. The van der Waals surface area contributed by atoms with E-state index in [-0.39, 0.29) is 5.91 Å². The molecule has 1 aliphatic rings. The number of carbonyl (C=O) groups excluding carboxylic acids is 1.